The molecular weight excluding hydrogens is 262 g/mol. The topological polar surface area (TPSA) is 63.9 Å². The summed E-state index contributed by atoms with van der Waals surface area (Å²) in [5.41, 5.74) is 9.55. The van der Waals surface area contributed by atoms with E-state index in [4.69, 9.17) is 10.5 Å². The van der Waals surface area contributed by atoms with Crippen LogP contribution in [-0.4, -0.2) is 17.3 Å². The Hall–Kier alpha value is -1.97. The van der Waals surface area contributed by atoms with Gasteiger partial charge in [0.25, 0.3) is 0 Å². The Kier molecular flexibility index (Phi) is 2.91. The second-order valence-corrected chi connectivity index (χ2v) is 6.41. The molecule has 2 bridgehead atoms. The summed E-state index contributed by atoms with van der Waals surface area (Å²) in [6, 6.07) is 8.08. The van der Waals surface area contributed by atoms with Crippen LogP contribution in [0.5, 0.6) is 5.75 Å². The van der Waals surface area contributed by atoms with Crippen molar-refractivity contribution in [1.29, 1.82) is 0 Å². The van der Waals surface area contributed by atoms with E-state index >= 15 is 0 Å². The first-order chi connectivity index (χ1) is 10.3. The molecule has 3 unspecified atom stereocenters. The molecule has 2 aliphatic rings. The Labute approximate surface area is 124 Å². The Morgan fingerprint density at radius 3 is 2.90 bits per heavy atom. The molecule has 1 aromatic heterocycles. The maximum Gasteiger partial charge on any atom is 0.153 e. The highest BCUT2D eigenvalue weighted by atomic mass is 16.5. The van der Waals surface area contributed by atoms with Gasteiger partial charge in [-0.3, -0.25) is 5.10 Å². The molecule has 0 radical (unpaired) electrons. The molecule has 0 amide bonds. The summed E-state index contributed by atoms with van der Waals surface area (Å²) >= 11 is 0. The van der Waals surface area contributed by atoms with Gasteiger partial charge in [0.15, 0.2) is 5.82 Å². The van der Waals surface area contributed by atoms with E-state index < -0.39 is 0 Å². The van der Waals surface area contributed by atoms with Crippen molar-refractivity contribution in [3.8, 4) is 16.9 Å². The molecule has 3 N–H and O–H groups in total. The van der Waals surface area contributed by atoms with E-state index in [0.29, 0.717) is 11.7 Å². The minimum Gasteiger partial charge on any atom is -0.497 e. The Morgan fingerprint density at radius 2 is 2.19 bits per heavy atom. The van der Waals surface area contributed by atoms with Gasteiger partial charge in [0.05, 0.1) is 7.11 Å². The SMILES string of the molecule is COc1cccc(-c2c(N)n[nH]c2C2CC3CCC2C3)c1. The van der Waals surface area contributed by atoms with Gasteiger partial charge in [0.1, 0.15) is 5.75 Å². The van der Waals surface area contributed by atoms with Crippen molar-refractivity contribution < 1.29 is 4.74 Å². The van der Waals surface area contributed by atoms with E-state index in [9.17, 15) is 0 Å². The summed E-state index contributed by atoms with van der Waals surface area (Å²) in [6.07, 6.45) is 5.41. The standard InChI is InChI=1S/C17H21N3O/c1-21-13-4-2-3-12(9-13)15-16(19-20-17(15)18)14-8-10-5-6-11(14)7-10/h2-4,9-11,14H,5-8H2,1H3,(H3,18,19,20). The van der Waals surface area contributed by atoms with E-state index in [0.717, 1.165) is 28.7 Å². The van der Waals surface area contributed by atoms with Gasteiger partial charge in [-0.1, -0.05) is 18.6 Å². The van der Waals surface area contributed by atoms with Crippen molar-refractivity contribution in [2.75, 3.05) is 12.8 Å². The molecule has 3 atom stereocenters. The maximum atomic E-state index is 6.15. The molecule has 0 spiro atoms. The molecule has 4 heteroatoms. The number of hydrogen-bond donors (Lipinski definition) is 2. The van der Waals surface area contributed by atoms with E-state index in [1.54, 1.807) is 7.11 Å². The molecule has 2 aliphatic carbocycles. The number of methoxy groups -OCH3 is 1. The van der Waals surface area contributed by atoms with Gasteiger partial charge >= 0.3 is 0 Å². The summed E-state index contributed by atoms with van der Waals surface area (Å²) in [6.45, 7) is 0. The molecule has 4 nitrogen and oxygen atoms in total. The van der Waals surface area contributed by atoms with Crippen LogP contribution < -0.4 is 10.5 Å². The van der Waals surface area contributed by atoms with E-state index in [2.05, 4.69) is 16.3 Å². The molecule has 0 aliphatic heterocycles. The number of ether oxygens (including phenoxy) is 1. The van der Waals surface area contributed by atoms with Crippen molar-refractivity contribution in [1.82, 2.24) is 10.2 Å². The number of aromatic amines is 1. The number of rotatable bonds is 3. The van der Waals surface area contributed by atoms with Crippen LogP contribution in [0.1, 0.15) is 37.3 Å². The summed E-state index contributed by atoms with van der Waals surface area (Å²) in [5, 5.41) is 7.51. The van der Waals surface area contributed by atoms with Crippen LogP contribution in [0, 0.1) is 11.8 Å². The number of nitrogens with zero attached hydrogens (tertiary/aromatic N) is 1. The van der Waals surface area contributed by atoms with Gasteiger partial charge in [0, 0.05) is 17.2 Å². The van der Waals surface area contributed by atoms with Crippen molar-refractivity contribution in [2.24, 2.45) is 11.8 Å². The normalized spacial score (nSPS) is 27.2. The summed E-state index contributed by atoms with van der Waals surface area (Å²) < 4.78 is 5.34. The van der Waals surface area contributed by atoms with Crippen LogP contribution in [0.3, 0.4) is 0 Å². The molecule has 1 heterocycles. The number of fused-ring (bicyclic) bond motifs is 2. The molecule has 21 heavy (non-hydrogen) atoms. The Morgan fingerprint density at radius 1 is 1.29 bits per heavy atom. The molecule has 2 aromatic rings. The van der Waals surface area contributed by atoms with Gasteiger partial charge < -0.3 is 10.5 Å². The van der Waals surface area contributed by atoms with Crippen LogP contribution in [0.25, 0.3) is 11.1 Å². The molecule has 0 saturated heterocycles. The van der Waals surface area contributed by atoms with Gasteiger partial charge in [-0.2, -0.15) is 5.10 Å². The number of hydrogen-bond acceptors (Lipinski definition) is 3. The van der Waals surface area contributed by atoms with Gasteiger partial charge in [0.2, 0.25) is 0 Å². The average molecular weight is 283 g/mol. The number of aromatic nitrogens is 2. The second-order valence-electron chi connectivity index (χ2n) is 6.41. The lowest BCUT2D eigenvalue weighted by atomic mass is 9.84. The van der Waals surface area contributed by atoms with E-state index in [1.807, 2.05) is 18.2 Å². The summed E-state index contributed by atoms with van der Waals surface area (Å²) in [5.74, 6) is 3.75. The average Bonchev–Trinajstić information content (AvgIpc) is 3.22. The monoisotopic (exact) mass is 283 g/mol. The van der Waals surface area contributed by atoms with Crippen LogP contribution in [-0.2, 0) is 0 Å². The third kappa shape index (κ3) is 2.01. The van der Waals surface area contributed by atoms with Gasteiger partial charge in [-0.15, -0.1) is 0 Å². The zero-order chi connectivity index (χ0) is 14.4. The molecule has 2 saturated carbocycles. The zero-order valence-electron chi connectivity index (χ0n) is 12.3. The van der Waals surface area contributed by atoms with E-state index in [1.165, 1.54) is 31.4 Å². The second kappa shape index (κ2) is 4.79. The first kappa shape index (κ1) is 12.7. The molecular formula is C17H21N3O. The minimum atomic E-state index is 0.592. The van der Waals surface area contributed by atoms with Crippen molar-refractivity contribution in [2.45, 2.75) is 31.6 Å². The minimum absolute atomic E-state index is 0.592. The highest BCUT2D eigenvalue weighted by molar-refractivity contribution is 5.77. The molecule has 110 valence electrons. The number of H-pyrrole nitrogens is 1. The molecule has 4 rings (SSSR count). The van der Waals surface area contributed by atoms with Crippen LogP contribution in [0.15, 0.2) is 24.3 Å². The fraction of sp³-hybridized carbons (Fsp3) is 0.471. The zero-order valence-corrected chi connectivity index (χ0v) is 12.3. The highest BCUT2D eigenvalue weighted by Gasteiger charge is 2.42. The van der Waals surface area contributed by atoms with E-state index in [-0.39, 0.29) is 0 Å². The maximum absolute atomic E-state index is 6.15. The van der Waals surface area contributed by atoms with Gasteiger partial charge in [-0.05, 0) is 48.8 Å². The first-order valence-corrected chi connectivity index (χ1v) is 7.74. The Balaban J connectivity index is 1.76. The molecule has 2 fully saturated rings. The predicted octanol–water partition coefficient (Wildman–Crippen LogP) is 3.57. The lowest BCUT2D eigenvalue weighted by Crippen LogP contribution is -2.10. The molecule has 1 aromatic carbocycles. The lowest BCUT2D eigenvalue weighted by molar-refractivity contribution is 0.413. The predicted molar refractivity (Wildman–Crippen MR) is 83.2 cm³/mol. The first-order valence-electron chi connectivity index (χ1n) is 7.74. The number of nitrogen functional groups attached to an aromatic ring is 1. The smallest absolute Gasteiger partial charge is 0.153 e. The van der Waals surface area contributed by atoms with Crippen LogP contribution >= 0.6 is 0 Å². The number of nitrogens with two attached hydrogens (primary N) is 1. The third-order valence-corrected chi connectivity index (χ3v) is 5.29. The summed E-state index contributed by atoms with van der Waals surface area (Å²) in [4.78, 5) is 0. The van der Waals surface area contributed by atoms with Crippen LogP contribution in [0.4, 0.5) is 5.82 Å². The number of anilines is 1. The fourth-order valence-electron chi connectivity index (χ4n) is 4.32. The quantitative estimate of drug-likeness (QED) is 0.905. The number of benzene rings is 1. The van der Waals surface area contributed by atoms with Crippen molar-refractivity contribution in [3.05, 3.63) is 30.0 Å². The largest absolute Gasteiger partial charge is 0.497 e. The third-order valence-electron chi connectivity index (χ3n) is 5.29. The number of nitrogens with one attached hydrogen (secondary N) is 1. The fourth-order valence-corrected chi connectivity index (χ4v) is 4.32. The lowest BCUT2D eigenvalue weighted by Gasteiger charge is -2.21. The Bertz CT molecular complexity index is 664. The van der Waals surface area contributed by atoms with Crippen LogP contribution in [0.2, 0.25) is 0 Å². The van der Waals surface area contributed by atoms with Crippen molar-refractivity contribution >= 4 is 5.82 Å². The van der Waals surface area contributed by atoms with Crippen molar-refractivity contribution in [3.63, 3.8) is 0 Å². The highest BCUT2D eigenvalue weighted by Crippen LogP contribution is 2.54. The summed E-state index contributed by atoms with van der Waals surface area (Å²) in [7, 11) is 1.69. The van der Waals surface area contributed by atoms with Gasteiger partial charge in [-0.25, -0.2) is 0 Å².